The highest BCUT2D eigenvalue weighted by molar-refractivity contribution is 6.31. The highest BCUT2D eigenvalue weighted by Gasteiger charge is 2.09. The Kier molecular flexibility index (Phi) is 4.40. The lowest BCUT2D eigenvalue weighted by molar-refractivity contribution is 0.191. The minimum Gasteiger partial charge on any atom is -0.387 e. The van der Waals surface area contributed by atoms with E-state index >= 15 is 0 Å². The molecule has 0 spiro atoms. The van der Waals surface area contributed by atoms with Gasteiger partial charge in [-0.2, -0.15) is 0 Å². The Balaban J connectivity index is 2.04. The molecule has 0 aliphatic rings. The normalized spacial score (nSPS) is 12.2. The summed E-state index contributed by atoms with van der Waals surface area (Å²) in [5.74, 6) is -0.351. The van der Waals surface area contributed by atoms with E-state index in [4.69, 9.17) is 11.6 Å². The quantitative estimate of drug-likeness (QED) is 0.889. The summed E-state index contributed by atoms with van der Waals surface area (Å²) < 4.78 is 13.1. The second-order valence-corrected chi connectivity index (χ2v) is 4.77. The van der Waals surface area contributed by atoms with E-state index in [9.17, 15) is 9.50 Å². The van der Waals surface area contributed by atoms with Gasteiger partial charge in [0.25, 0.3) is 0 Å². The first-order chi connectivity index (χ1) is 9.08. The van der Waals surface area contributed by atoms with Gasteiger partial charge in [0.05, 0.1) is 6.10 Å². The molecule has 19 heavy (non-hydrogen) atoms. The van der Waals surface area contributed by atoms with E-state index in [-0.39, 0.29) is 5.82 Å². The van der Waals surface area contributed by atoms with Crippen molar-refractivity contribution in [2.24, 2.45) is 0 Å². The van der Waals surface area contributed by atoms with Crippen LogP contribution in [0.2, 0.25) is 5.02 Å². The number of anilines is 1. The zero-order valence-electron chi connectivity index (χ0n) is 10.5. The largest absolute Gasteiger partial charge is 0.387 e. The number of rotatable bonds is 4. The molecule has 0 aliphatic carbocycles. The second kappa shape index (κ2) is 6.04. The summed E-state index contributed by atoms with van der Waals surface area (Å²) >= 11 is 6.01. The lowest BCUT2D eigenvalue weighted by Crippen LogP contribution is -2.13. The maximum atomic E-state index is 13.1. The lowest BCUT2D eigenvalue weighted by atomic mass is 10.1. The van der Waals surface area contributed by atoms with Crippen LogP contribution in [0.25, 0.3) is 0 Å². The van der Waals surface area contributed by atoms with Crippen LogP contribution >= 0.6 is 11.6 Å². The Morgan fingerprint density at radius 1 is 1.26 bits per heavy atom. The molecule has 0 saturated heterocycles. The van der Waals surface area contributed by atoms with E-state index in [0.29, 0.717) is 17.1 Å². The summed E-state index contributed by atoms with van der Waals surface area (Å²) in [5.41, 5.74) is 2.34. The Morgan fingerprint density at radius 3 is 2.74 bits per heavy atom. The minimum absolute atomic E-state index is 0.296. The van der Waals surface area contributed by atoms with E-state index in [1.54, 1.807) is 12.1 Å². The van der Waals surface area contributed by atoms with Gasteiger partial charge in [0.2, 0.25) is 0 Å². The number of hydrogen-bond acceptors (Lipinski definition) is 2. The zero-order chi connectivity index (χ0) is 13.8. The van der Waals surface area contributed by atoms with Crippen LogP contribution in [0.5, 0.6) is 0 Å². The van der Waals surface area contributed by atoms with Crippen molar-refractivity contribution in [1.82, 2.24) is 0 Å². The predicted molar refractivity (Wildman–Crippen MR) is 76.0 cm³/mol. The molecular formula is C15H15ClFNO. The summed E-state index contributed by atoms with van der Waals surface area (Å²) in [4.78, 5) is 0. The van der Waals surface area contributed by atoms with E-state index in [2.05, 4.69) is 5.32 Å². The molecule has 1 atom stereocenters. The Morgan fingerprint density at radius 2 is 2.00 bits per heavy atom. The van der Waals surface area contributed by atoms with Gasteiger partial charge in [0.15, 0.2) is 0 Å². The van der Waals surface area contributed by atoms with Crippen LogP contribution in [-0.4, -0.2) is 11.7 Å². The lowest BCUT2D eigenvalue weighted by Gasteiger charge is -2.15. The molecule has 2 aromatic rings. The smallest absolute Gasteiger partial charge is 0.123 e. The average Bonchev–Trinajstić information content (AvgIpc) is 2.40. The molecule has 0 saturated carbocycles. The van der Waals surface area contributed by atoms with Crippen molar-refractivity contribution >= 4 is 17.3 Å². The molecule has 2 aromatic carbocycles. The fraction of sp³-hybridized carbons (Fsp3) is 0.200. The van der Waals surface area contributed by atoms with Crippen LogP contribution in [0.3, 0.4) is 0 Å². The Labute approximate surface area is 116 Å². The van der Waals surface area contributed by atoms with Gasteiger partial charge in [-0.25, -0.2) is 4.39 Å². The first kappa shape index (κ1) is 13.8. The van der Waals surface area contributed by atoms with Gasteiger partial charge in [0.1, 0.15) is 5.82 Å². The molecule has 4 heteroatoms. The maximum absolute atomic E-state index is 13.1. The fourth-order valence-electron chi connectivity index (χ4n) is 1.84. The number of nitrogens with one attached hydrogen (secondary N) is 1. The number of aliphatic hydroxyl groups excluding tert-OH is 1. The highest BCUT2D eigenvalue weighted by atomic mass is 35.5. The number of hydrogen-bond donors (Lipinski definition) is 2. The van der Waals surface area contributed by atoms with Crippen molar-refractivity contribution in [1.29, 1.82) is 0 Å². The van der Waals surface area contributed by atoms with Crippen LogP contribution in [0, 0.1) is 12.7 Å². The van der Waals surface area contributed by atoms with E-state index in [0.717, 1.165) is 11.3 Å². The van der Waals surface area contributed by atoms with Crippen molar-refractivity contribution in [3.63, 3.8) is 0 Å². The third-order valence-electron chi connectivity index (χ3n) is 2.99. The van der Waals surface area contributed by atoms with Crippen molar-refractivity contribution in [2.75, 3.05) is 11.9 Å². The van der Waals surface area contributed by atoms with Crippen molar-refractivity contribution in [3.8, 4) is 0 Å². The van der Waals surface area contributed by atoms with Gasteiger partial charge in [-0.1, -0.05) is 29.8 Å². The van der Waals surface area contributed by atoms with Gasteiger partial charge in [-0.15, -0.1) is 0 Å². The molecule has 0 aromatic heterocycles. The molecule has 0 aliphatic heterocycles. The minimum atomic E-state index is -0.769. The Hall–Kier alpha value is -1.58. The molecule has 2 nitrogen and oxygen atoms in total. The Bertz CT molecular complexity index is 574. The van der Waals surface area contributed by atoms with Crippen molar-refractivity contribution < 1.29 is 9.50 Å². The molecule has 100 valence electrons. The third kappa shape index (κ3) is 3.46. The fourth-order valence-corrected chi connectivity index (χ4v) is 2.01. The van der Waals surface area contributed by atoms with Crippen LogP contribution in [0.4, 0.5) is 10.1 Å². The van der Waals surface area contributed by atoms with E-state index in [1.807, 2.05) is 25.1 Å². The first-order valence-corrected chi connectivity index (χ1v) is 6.38. The molecule has 0 bridgehead atoms. The van der Waals surface area contributed by atoms with Crippen LogP contribution < -0.4 is 5.32 Å². The molecule has 2 N–H and O–H groups in total. The molecular weight excluding hydrogens is 265 g/mol. The van der Waals surface area contributed by atoms with Gasteiger partial charge in [-0.3, -0.25) is 0 Å². The van der Waals surface area contributed by atoms with Crippen LogP contribution in [-0.2, 0) is 0 Å². The molecule has 0 amide bonds. The third-order valence-corrected chi connectivity index (χ3v) is 3.40. The summed E-state index contributed by atoms with van der Waals surface area (Å²) in [5, 5.41) is 13.8. The van der Waals surface area contributed by atoms with Crippen LogP contribution in [0.1, 0.15) is 17.2 Å². The van der Waals surface area contributed by atoms with E-state index < -0.39 is 6.10 Å². The predicted octanol–water partition coefficient (Wildman–Crippen LogP) is 3.93. The van der Waals surface area contributed by atoms with Gasteiger partial charge in [0, 0.05) is 17.3 Å². The molecule has 0 fully saturated rings. The summed E-state index contributed by atoms with van der Waals surface area (Å²) in [6.07, 6.45) is -0.769. The molecule has 1 unspecified atom stereocenters. The van der Waals surface area contributed by atoms with Crippen molar-refractivity contribution in [2.45, 2.75) is 13.0 Å². The summed E-state index contributed by atoms with van der Waals surface area (Å²) in [6.45, 7) is 2.20. The molecule has 0 heterocycles. The van der Waals surface area contributed by atoms with Crippen LogP contribution in [0.15, 0.2) is 42.5 Å². The SMILES string of the molecule is Cc1c(Cl)cccc1NCC(O)c1cccc(F)c1. The van der Waals surface area contributed by atoms with Gasteiger partial charge >= 0.3 is 0 Å². The number of aliphatic hydroxyl groups is 1. The molecule has 0 radical (unpaired) electrons. The maximum Gasteiger partial charge on any atom is 0.123 e. The van der Waals surface area contributed by atoms with Gasteiger partial charge < -0.3 is 10.4 Å². The second-order valence-electron chi connectivity index (χ2n) is 4.36. The topological polar surface area (TPSA) is 32.3 Å². The molecule has 2 rings (SSSR count). The average molecular weight is 280 g/mol. The monoisotopic (exact) mass is 279 g/mol. The van der Waals surface area contributed by atoms with Crippen molar-refractivity contribution in [3.05, 3.63) is 64.4 Å². The van der Waals surface area contributed by atoms with E-state index in [1.165, 1.54) is 12.1 Å². The standard InChI is InChI=1S/C15H15ClFNO/c1-10-13(16)6-3-7-14(10)18-9-15(19)11-4-2-5-12(17)8-11/h2-8,15,18-19H,9H2,1H3. The summed E-state index contributed by atoms with van der Waals surface area (Å²) in [6, 6.07) is 11.5. The first-order valence-electron chi connectivity index (χ1n) is 6.00. The number of benzene rings is 2. The number of halogens is 2. The summed E-state index contributed by atoms with van der Waals surface area (Å²) in [7, 11) is 0. The zero-order valence-corrected chi connectivity index (χ0v) is 11.3. The van der Waals surface area contributed by atoms with Gasteiger partial charge in [-0.05, 0) is 42.3 Å². The highest BCUT2D eigenvalue weighted by Crippen LogP contribution is 2.24.